The first-order chi connectivity index (χ1) is 24.0. The van der Waals surface area contributed by atoms with Crippen molar-refractivity contribution in [3.8, 4) is 0 Å². The van der Waals surface area contributed by atoms with Gasteiger partial charge in [0.15, 0.2) is 0 Å². The summed E-state index contributed by atoms with van der Waals surface area (Å²) in [7, 11) is -0.782. The first-order valence-electron chi connectivity index (χ1n) is 17.5. The number of rotatable bonds is 11. The van der Waals surface area contributed by atoms with Gasteiger partial charge in [0.1, 0.15) is 11.4 Å². The Morgan fingerprint density at radius 3 is 2.16 bits per heavy atom. The molecule has 6 heteroatoms. The fourth-order valence-electron chi connectivity index (χ4n) is 8.50. The molecular formula is C43H42N3O2P. The van der Waals surface area contributed by atoms with E-state index >= 15 is 0 Å². The molecule has 5 unspecified atom stereocenters. The highest BCUT2D eigenvalue weighted by molar-refractivity contribution is 7.76. The molecular weight excluding hydrogens is 621 g/mol. The van der Waals surface area contributed by atoms with Crippen molar-refractivity contribution in [2.45, 2.75) is 37.9 Å². The summed E-state index contributed by atoms with van der Waals surface area (Å²) in [6.45, 7) is 8.27. The smallest absolute Gasteiger partial charge is 0.253 e. The number of allylic oxidation sites excluding steroid dienone is 2. The van der Waals surface area contributed by atoms with Crippen molar-refractivity contribution >= 4 is 40.7 Å². The summed E-state index contributed by atoms with van der Waals surface area (Å²) in [5.41, 5.74) is 1.11. The summed E-state index contributed by atoms with van der Waals surface area (Å²) >= 11 is 0. The van der Waals surface area contributed by atoms with E-state index in [0.717, 1.165) is 25.1 Å². The first kappa shape index (κ1) is 31.7. The van der Waals surface area contributed by atoms with Gasteiger partial charge in [-0.25, -0.2) is 0 Å². The molecule has 5 aromatic carbocycles. The highest BCUT2D eigenvalue weighted by Crippen LogP contribution is 2.50. The van der Waals surface area contributed by atoms with Crippen LogP contribution in [-0.4, -0.2) is 30.1 Å². The number of nitrogens with zero attached hydrogens (tertiary/aromatic N) is 1. The largest absolute Gasteiger partial charge is 0.377 e. The van der Waals surface area contributed by atoms with E-state index in [1.807, 2.05) is 0 Å². The van der Waals surface area contributed by atoms with Crippen molar-refractivity contribution < 1.29 is 0 Å². The van der Waals surface area contributed by atoms with Crippen molar-refractivity contribution in [2.75, 3.05) is 23.7 Å². The predicted octanol–water partition coefficient (Wildman–Crippen LogP) is 7.49. The fraction of sp³-hybridized carbons (Fsp3) is 0.256. The van der Waals surface area contributed by atoms with Crippen molar-refractivity contribution in [1.82, 2.24) is 4.90 Å². The minimum atomic E-state index is -0.782. The number of hydrogen-bond acceptors (Lipinski definition) is 5. The van der Waals surface area contributed by atoms with Crippen molar-refractivity contribution in [3.05, 3.63) is 165 Å². The summed E-state index contributed by atoms with van der Waals surface area (Å²) in [6, 6.07) is 36.2. The maximum absolute atomic E-state index is 13.4. The molecule has 5 aromatic rings. The summed E-state index contributed by atoms with van der Waals surface area (Å²) < 4.78 is 0. The van der Waals surface area contributed by atoms with Crippen LogP contribution in [0.15, 0.2) is 149 Å². The first-order valence-corrected chi connectivity index (χ1v) is 18.8. The molecule has 0 amide bonds. The molecule has 0 aromatic heterocycles. The second-order valence-corrected chi connectivity index (χ2v) is 16.0. The predicted molar refractivity (Wildman–Crippen MR) is 206 cm³/mol. The topological polar surface area (TPSA) is 61.4 Å². The summed E-state index contributed by atoms with van der Waals surface area (Å²) in [5.74, 6) is 1.12. The van der Waals surface area contributed by atoms with Crippen LogP contribution in [0.5, 0.6) is 0 Å². The highest BCUT2D eigenvalue weighted by atomic mass is 31.1. The molecule has 1 aliphatic carbocycles. The van der Waals surface area contributed by atoms with Gasteiger partial charge < -0.3 is 10.6 Å². The Morgan fingerprint density at radius 2 is 1.49 bits per heavy atom. The van der Waals surface area contributed by atoms with Crippen LogP contribution in [0.1, 0.15) is 31.4 Å². The van der Waals surface area contributed by atoms with Crippen LogP contribution < -0.4 is 32.1 Å². The maximum Gasteiger partial charge on any atom is 0.253 e. The normalized spacial score (nSPS) is 24.2. The number of hydrogen-bond donors (Lipinski definition) is 2. The monoisotopic (exact) mass is 663 g/mol. The van der Waals surface area contributed by atoms with Crippen LogP contribution in [0, 0.1) is 17.8 Å². The van der Waals surface area contributed by atoms with Crippen molar-refractivity contribution in [3.63, 3.8) is 0 Å². The van der Waals surface area contributed by atoms with E-state index in [9.17, 15) is 9.59 Å². The summed E-state index contributed by atoms with van der Waals surface area (Å²) in [4.78, 5) is 29.3. The zero-order chi connectivity index (χ0) is 33.5. The van der Waals surface area contributed by atoms with Crippen LogP contribution in [0.2, 0.25) is 0 Å². The molecule has 9 rings (SSSR count). The number of fused-ring (bicyclic) bond motifs is 4. The van der Waals surface area contributed by atoms with Gasteiger partial charge in [-0.1, -0.05) is 127 Å². The van der Waals surface area contributed by atoms with Gasteiger partial charge in [0.25, 0.3) is 10.9 Å². The Morgan fingerprint density at radius 1 is 0.837 bits per heavy atom. The molecule has 3 fully saturated rings. The van der Waals surface area contributed by atoms with Crippen LogP contribution in [-0.2, 0) is 0 Å². The molecule has 4 aliphatic rings. The zero-order valence-corrected chi connectivity index (χ0v) is 28.7. The van der Waals surface area contributed by atoms with E-state index in [0.29, 0.717) is 23.2 Å². The summed E-state index contributed by atoms with van der Waals surface area (Å²) in [5, 5.41) is 13.5. The Labute approximate surface area is 289 Å². The average Bonchev–Trinajstić information content (AvgIpc) is 3.65. The molecule has 2 bridgehead atoms. The van der Waals surface area contributed by atoms with Crippen LogP contribution in [0.25, 0.3) is 10.8 Å². The van der Waals surface area contributed by atoms with Gasteiger partial charge in [-0.2, -0.15) is 0 Å². The summed E-state index contributed by atoms with van der Waals surface area (Å²) in [6.07, 6.45) is 10.9. The van der Waals surface area contributed by atoms with Gasteiger partial charge in [0.2, 0.25) is 0 Å². The van der Waals surface area contributed by atoms with Crippen LogP contribution >= 0.6 is 7.92 Å². The van der Waals surface area contributed by atoms with E-state index < -0.39 is 18.8 Å². The molecule has 5 nitrogen and oxygen atoms in total. The van der Waals surface area contributed by atoms with Crippen molar-refractivity contribution in [2.24, 2.45) is 17.8 Å². The molecule has 3 heterocycles. The van der Waals surface area contributed by atoms with E-state index in [1.165, 1.54) is 33.1 Å². The lowest BCUT2D eigenvalue weighted by Gasteiger charge is -2.52. The SMILES string of the molecule is C=CC1CN2CCC1CC2C(Nc1c(N[C@H](C)[C@@H]2C=CC=C2P(c2ccccc2)c2ccccc2)c(=O)c1=O)c1cccc2ccccc12. The van der Waals surface area contributed by atoms with E-state index in [2.05, 4.69) is 156 Å². The highest BCUT2D eigenvalue weighted by Gasteiger charge is 2.44. The third-order valence-electron chi connectivity index (χ3n) is 11.0. The zero-order valence-electron chi connectivity index (χ0n) is 27.8. The molecule has 3 saturated heterocycles. The van der Waals surface area contributed by atoms with Gasteiger partial charge in [-0.05, 0) is 78.3 Å². The number of anilines is 2. The van der Waals surface area contributed by atoms with E-state index in [4.69, 9.17) is 0 Å². The second-order valence-electron chi connectivity index (χ2n) is 13.8. The lowest BCUT2D eigenvalue weighted by molar-refractivity contribution is 0.0105. The van der Waals surface area contributed by atoms with Gasteiger partial charge in [0.05, 0.1) is 6.04 Å². The molecule has 0 spiro atoms. The third kappa shape index (κ3) is 5.79. The van der Waals surface area contributed by atoms with E-state index in [1.54, 1.807) is 0 Å². The maximum atomic E-state index is 13.4. The Kier molecular flexibility index (Phi) is 8.65. The van der Waals surface area contributed by atoms with Crippen LogP contribution in [0.4, 0.5) is 11.4 Å². The van der Waals surface area contributed by atoms with E-state index in [-0.39, 0.29) is 24.0 Å². The minimum Gasteiger partial charge on any atom is -0.377 e. The Balaban J connectivity index is 1.11. The molecule has 0 saturated carbocycles. The average molecular weight is 664 g/mol. The quantitative estimate of drug-likeness (QED) is 0.0872. The van der Waals surface area contributed by atoms with Gasteiger partial charge in [-0.3, -0.25) is 14.5 Å². The second kappa shape index (κ2) is 13.4. The van der Waals surface area contributed by atoms with Gasteiger partial charge in [0, 0.05) is 24.5 Å². The lowest BCUT2D eigenvalue weighted by atomic mass is 9.72. The standard InChI is InChI=1S/C43H42N3O2P/c1-3-29-27-46-25-24-31(29)26-37(46)39(36-22-12-15-30-14-10-11-20-35(30)36)45-41-40(42(47)43(41)48)44-28(2)34-21-13-23-38(34)49(32-16-6-4-7-17-32)33-18-8-5-9-19-33/h3-23,28-29,31,34,37,39,44-45H,1,24-27H2,2H3/t28-,29?,31?,34+,37?,39?/m1/s1. The minimum absolute atomic E-state index is 0.0636. The number of nitrogens with one attached hydrogen (secondary N) is 2. The fourth-order valence-corrected chi connectivity index (χ4v) is 11.2. The Bertz CT molecular complexity index is 2070. The Hall–Kier alpha value is -4.57. The van der Waals surface area contributed by atoms with Gasteiger partial charge >= 0.3 is 0 Å². The van der Waals surface area contributed by atoms with Crippen molar-refractivity contribution in [1.29, 1.82) is 0 Å². The molecule has 3 aliphatic heterocycles. The lowest BCUT2D eigenvalue weighted by Crippen LogP contribution is -2.56. The molecule has 7 atom stereocenters. The molecule has 49 heavy (non-hydrogen) atoms. The number of piperidine rings is 3. The van der Waals surface area contributed by atoms with Gasteiger partial charge in [-0.15, -0.1) is 6.58 Å². The molecule has 0 radical (unpaired) electrons. The third-order valence-corrected chi connectivity index (χ3v) is 13.6. The number of benzene rings is 4. The molecule has 246 valence electrons. The molecule has 2 N–H and O–H groups in total. The van der Waals surface area contributed by atoms with Crippen LogP contribution in [0.3, 0.4) is 0 Å².